The summed E-state index contributed by atoms with van der Waals surface area (Å²) in [6, 6.07) is 20.9. The monoisotopic (exact) mass is 447 g/mol. The Labute approximate surface area is 191 Å². The maximum Gasteiger partial charge on any atom is 0.131 e. The Kier molecular flexibility index (Phi) is 6.04. The number of nitrogens with zero attached hydrogens (tertiary/aromatic N) is 2. The van der Waals surface area contributed by atoms with Crippen LogP contribution in [-0.4, -0.2) is 41.4 Å². The van der Waals surface area contributed by atoms with E-state index in [4.69, 9.17) is 16.3 Å². The van der Waals surface area contributed by atoms with Crippen molar-refractivity contribution in [1.29, 1.82) is 0 Å². The quantitative estimate of drug-likeness (QED) is 0.410. The zero-order valence-electron chi connectivity index (χ0n) is 17.5. The molecular formula is C26H23ClFN3O. The van der Waals surface area contributed by atoms with Gasteiger partial charge >= 0.3 is 0 Å². The first-order valence-electron chi connectivity index (χ1n) is 10.7. The Bertz CT molecular complexity index is 1190. The van der Waals surface area contributed by atoms with E-state index in [1.807, 2.05) is 73.1 Å². The Balaban J connectivity index is 1.51. The van der Waals surface area contributed by atoms with Crippen molar-refractivity contribution in [3.63, 3.8) is 0 Å². The normalized spacial score (nSPS) is 15.6. The molecular weight excluding hydrogens is 425 g/mol. The van der Waals surface area contributed by atoms with Crippen molar-refractivity contribution in [2.24, 2.45) is 0 Å². The summed E-state index contributed by atoms with van der Waals surface area (Å²) in [6.45, 7) is 3.00. The first kappa shape index (κ1) is 20.9. The van der Waals surface area contributed by atoms with Gasteiger partial charge in [-0.1, -0.05) is 60.1 Å². The van der Waals surface area contributed by atoms with Gasteiger partial charge < -0.3 is 4.74 Å². The van der Waals surface area contributed by atoms with Gasteiger partial charge in [-0.05, 0) is 34.9 Å². The standard InChI is InChI=1S/C26H23ClFN3O/c27-24-4-2-1-3-22(24)18-5-7-19(8-6-18)23-15-20(9-10-25(23)28)26(21-16-29-30-17-21)31-11-13-32-14-12-31/h1-10,15-17,26H,11-14H2,(H,29,30). The second-order valence-corrected chi connectivity index (χ2v) is 8.29. The summed E-state index contributed by atoms with van der Waals surface area (Å²) in [5.74, 6) is -0.243. The van der Waals surface area contributed by atoms with Gasteiger partial charge in [-0.15, -0.1) is 0 Å². The number of rotatable bonds is 5. The van der Waals surface area contributed by atoms with Crippen LogP contribution >= 0.6 is 11.6 Å². The molecule has 0 bridgehead atoms. The molecule has 0 spiro atoms. The minimum atomic E-state index is -0.243. The maximum atomic E-state index is 14.9. The number of halogens is 2. The highest BCUT2D eigenvalue weighted by Gasteiger charge is 2.26. The fourth-order valence-electron chi connectivity index (χ4n) is 4.32. The van der Waals surface area contributed by atoms with Gasteiger partial charge in [0.2, 0.25) is 0 Å². The molecule has 1 aliphatic rings. The van der Waals surface area contributed by atoms with Gasteiger partial charge in [-0.2, -0.15) is 5.10 Å². The molecule has 1 unspecified atom stereocenters. The Morgan fingerprint density at radius 1 is 0.906 bits per heavy atom. The zero-order chi connectivity index (χ0) is 21.9. The minimum Gasteiger partial charge on any atom is -0.379 e. The van der Waals surface area contributed by atoms with Crippen LogP contribution < -0.4 is 0 Å². The molecule has 6 heteroatoms. The number of nitrogens with one attached hydrogen (secondary N) is 1. The Morgan fingerprint density at radius 3 is 2.31 bits per heavy atom. The van der Waals surface area contributed by atoms with Crippen LogP contribution in [0.15, 0.2) is 79.1 Å². The third-order valence-electron chi connectivity index (χ3n) is 5.93. The van der Waals surface area contributed by atoms with E-state index in [2.05, 4.69) is 15.1 Å². The number of benzene rings is 3. The van der Waals surface area contributed by atoms with Crippen LogP contribution in [0.4, 0.5) is 4.39 Å². The molecule has 1 atom stereocenters. The van der Waals surface area contributed by atoms with Gasteiger partial charge in [0.05, 0.1) is 25.5 Å². The Hall–Kier alpha value is -2.99. The van der Waals surface area contributed by atoms with E-state index in [9.17, 15) is 4.39 Å². The summed E-state index contributed by atoms with van der Waals surface area (Å²) >= 11 is 6.34. The molecule has 32 heavy (non-hydrogen) atoms. The number of ether oxygens (including phenoxy) is 1. The van der Waals surface area contributed by atoms with Gasteiger partial charge in [0, 0.05) is 41.0 Å². The molecule has 4 aromatic rings. The lowest BCUT2D eigenvalue weighted by atomic mass is 9.94. The number of H-pyrrole nitrogens is 1. The smallest absolute Gasteiger partial charge is 0.131 e. The third kappa shape index (κ3) is 4.19. The van der Waals surface area contributed by atoms with Gasteiger partial charge in [0.15, 0.2) is 0 Å². The molecule has 0 saturated carbocycles. The molecule has 5 rings (SSSR count). The van der Waals surface area contributed by atoms with Crippen LogP contribution in [0.2, 0.25) is 5.02 Å². The molecule has 0 aliphatic carbocycles. The van der Waals surface area contributed by atoms with E-state index in [1.54, 1.807) is 6.07 Å². The van der Waals surface area contributed by atoms with E-state index in [0.717, 1.165) is 40.9 Å². The van der Waals surface area contributed by atoms with Crippen molar-refractivity contribution in [2.45, 2.75) is 6.04 Å². The second-order valence-electron chi connectivity index (χ2n) is 7.88. The van der Waals surface area contributed by atoms with Crippen molar-refractivity contribution < 1.29 is 9.13 Å². The highest BCUT2D eigenvalue weighted by atomic mass is 35.5. The summed E-state index contributed by atoms with van der Waals surface area (Å²) in [4.78, 5) is 2.35. The topological polar surface area (TPSA) is 41.2 Å². The molecule has 1 N–H and O–H groups in total. The third-order valence-corrected chi connectivity index (χ3v) is 6.26. The molecule has 4 nitrogen and oxygen atoms in total. The lowest BCUT2D eigenvalue weighted by molar-refractivity contribution is 0.0239. The average molecular weight is 448 g/mol. The van der Waals surface area contributed by atoms with Crippen LogP contribution in [0, 0.1) is 5.82 Å². The number of aromatic nitrogens is 2. The van der Waals surface area contributed by atoms with Gasteiger partial charge in [-0.25, -0.2) is 4.39 Å². The Morgan fingerprint density at radius 2 is 1.62 bits per heavy atom. The van der Waals surface area contributed by atoms with Crippen molar-refractivity contribution in [3.05, 3.63) is 101 Å². The number of hydrogen-bond donors (Lipinski definition) is 1. The molecule has 0 radical (unpaired) electrons. The van der Waals surface area contributed by atoms with Gasteiger partial charge in [0.25, 0.3) is 0 Å². The molecule has 3 aromatic carbocycles. The predicted octanol–water partition coefficient (Wildman–Crippen LogP) is 5.96. The van der Waals surface area contributed by atoms with Crippen molar-refractivity contribution in [3.8, 4) is 22.3 Å². The van der Waals surface area contributed by atoms with Crippen LogP contribution in [0.25, 0.3) is 22.3 Å². The highest BCUT2D eigenvalue weighted by molar-refractivity contribution is 6.33. The zero-order valence-corrected chi connectivity index (χ0v) is 18.2. The summed E-state index contributed by atoms with van der Waals surface area (Å²) in [6.07, 6.45) is 3.74. The molecule has 1 aromatic heterocycles. The second kappa shape index (κ2) is 9.25. The summed E-state index contributed by atoms with van der Waals surface area (Å²) in [5, 5.41) is 7.75. The van der Waals surface area contributed by atoms with Crippen LogP contribution in [0.5, 0.6) is 0 Å². The molecule has 1 fully saturated rings. The lowest BCUT2D eigenvalue weighted by Crippen LogP contribution is -2.39. The molecule has 2 heterocycles. The molecule has 0 amide bonds. The van der Waals surface area contributed by atoms with E-state index in [-0.39, 0.29) is 11.9 Å². The highest BCUT2D eigenvalue weighted by Crippen LogP contribution is 2.34. The van der Waals surface area contributed by atoms with Crippen molar-refractivity contribution >= 4 is 11.6 Å². The van der Waals surface area contributed by atoms with Crippen molar-refractivity contribution in [1.82, 2.24) is 15.1 Å². The van der Waals surface area contributed by atoms with Crippen LogP contribution in [-0.2, 0) is 4.74 Å². The van der Waals surface area contributed by atoms with Crippen LogP contribution in [0.3, 0.4) is 0 Å². The summed E-state index contributed by atoms with van der Waals surface area (Å²) in [7, 11) is 0. The fraction of sp³-hybridized carbons (Fsp3) is 0.192. The van der Waals surface area contributed by atoms with Crippen LogP contribution in [0.1, 0.15) is 17.2 Å². The van der Waals surface area contributed by atoms with Gasteiger partial charge in [0.1, 0.15) is 5.82 Å². The van der Waals surface area contributed by atoms with Crippen molar-refractivity contribution in [2.75, 3.05) is 26.3 Å². The lowest BCUT2D eigenvalue weighted by Gasteiger charge is -2.34. The number of aromatic amines is 1. The van der Waals surface area contributed by atoms with E-state index < -0.39 is 0 Å². The first-order chi connectivity index (χ1) is 15.7. The largest absolute Gasteiger partial charge is 0.379 e. The fourth-order valence-corrected chi connectivity index (χ4v) is 4.56. The SMILES string of the molecule is Fc1ccc(C(c2cn[nH]c2)N2CCOCC2)cc1-c1ccc(-c2ccccc2Cl)cc1. The maximum absolute atomic E-state index is 14.9. The summed E-state index contributed by atoms with van der Waals surface area (Å²) < 4.78 is 20.5. The molecule has 1 aliphatic heterocycles. The summed E-state index contributed by atoms with van der Waals surface area (Å²) in [5.41, 5.74) is 5.45. The predicted molar refractivity (Wildman–Crippen MR) is 125 cm³/mol. The minimum absolute atomic E-state index is 0.0144. The van der Waals surface area contributed by atoms with Gasteiger partial charge in [-0.3, -0.25) is 10.00 Å². The number of morpholine rings is 1. The first-order valence-corrected chi connectivity index (χ1v) is 11.0. The van der Waals surface area contributed by atoms with E-state index >= 15 is 0 Å². The van der Waals surface area contributed by atoms with E-state index in [1.165, 1.54) is 0 Å². The molecule has 162 valence electrons. The molecule has 1 saturated heterocycles. The average Bonchev–Trinajstić information content (AvgIpc) is 3.36. The van der Waals surface area contributed by atoms with E-state index in [0.29, 0.717) is 23.8 Å². The number of hydrogen-bond acceptors (Lipinski definition) is 3.